The summed E-state index contributed by atoms with van der Waals surface area (Å²) < 4.78 is 0. The summed E-state index contributed by atoms with van der Waals surface area (Å²) in [6.07, 6.45) is 5.59. The normalized spacial score (nSPS) is 15.7. The lowest BCUT2D eigenvalue weighted by molar-refractivity contribution is 0.299. The van der Waals surface area contributed by atoms with Gasteiger partial charge in [-0.2, -0.15) is 0 Å². The zero-order valence-corrected chi connectivity index (χ0v) is 11.3. The lowest BCUT2D eigenvalue weighted by Crippen LogP contribution is -2.24. The van der Waals surface area contributed by atoms with Crippen LogP contribution in [-0.2, 0) is 0 Å². The van der Waals surface area contributed by atoms with Gasteiger partial charge >= 0.3 is 0 Å². The van der Waals surface area contributed by atoms with Gasteiger partial charge in [0.25, 0.3) is 0 Å². The van der Waals surface area contributed by atoms with E-state index >= 15 is 0 Å². The van der Waals surface area contributed by atoms with Crippen LogP contribution in [0.4, 0.5) is 11.4 Å². The summed E-state index contributed by atoms with van der Waals surface area (Å²) in [6, 6.07) is 4.30. The summed E-state index contributed by atoms with van der Waals surface area (Å²) >= 11 is 0. The molecule has 17 heavy (non-hydrogen) atoms. The number of anilines is 2. The van der Waals surface area contributed by atoms with Gasteiger partial charge in [-0.15, -0.1) is 0 Å². The maximum Gasteiger partial charge on any atom is 0.0600 e. The largest absolute Gasteiger partial charge is 0.397 e. The summed E-state index contributed by atoms with van der Waals surface area (Å²) in [5.41, 5.74) is 10.8. The van der Waals surface area contributed by atoms with E-state index in [2.05, 4.69) is 37.9 Å². The molecule has 0 amide bonds. The maximum absolute atomic E-state index is 6.10. The Balaban J connectivity index is 2.01. The predicted octanol–water partition coefficient (Wildman–Crippen LogP) is 3.51. The first-order valence-corrected chi connectivity index (χ1v) is 6.66. The van der Waals surface area contributed by atoms with Crippen molar-refractivity contribution in [1.82, 2.24) is 0 Å². The molecule has 0 aromatic heterocycles. The lowest BCUT2D eigenvalue weighted by Gasteiger charge is -2.29. The van der Waals surface area contributed by atoms with Crippen LogP contribution in [0, 0.1) is 19.8 Å². The molecule has 1 aliphatic rings. The van der Waals surface area contributed by atoms with Gasteiger partial charge in [-0.05, 0) is 49.4 Å². The second-order valence-corrected chi connectivity index (χ2v) is 5.50. The molecule has 0 saturated heterocycles. The van der Waals surface area contributed by atoms with Crippen molar-refractivity contribution in [1.29, 1.82) is 0 Å². The third kappa shape index (κ3) is 2.74. The number of aryl methyl sites for hydroxylation is 2. The Morgan fingerprint density at radius 1 is 1.24 bits per heavy atom. The van der Waals surface area contributed by atoms with Crippen molar-refractivity contribution in [2.75, 3.05) is 24.2 Å². The molecule has 2 N–H and O–H groups in total. The molecule has 2 heteroatoms. The SMILES string of the molecule is Cc1cc(N)c(N(C)CCC2CCC2)cc1C. The van der Waals surface area contributed by atoms with Crippen LogP contribution in [0.25, 0.3) is 0 Å². The first-order valence-electron chi connectivity index (χ1n) is 6.66. The summed E-state index contributed by atoms with van der Waals surface area (Å²) in [4.78, 5) is 2.31. The van der Waals surface area contributed by atoms with Crippen LogP contribution in [0.3, 0.4) is 0 Å². The van der Waals surface area contributed by atoms with E-state index in [0.717, 1.165) is 18.2 Å². The van der Waals surface area contributed by atoms with E-state index in [0.29, 0.717) is 0 Å². The average molecular weight is 232 g/mol. The Hall–Kier alpha value is -1.18. The van der Waals surface area contributed by atoms with Crippen LogP contribution < -0.4 is 10.6 Å². The fraction of sp³-hybridized carbons (Fsp3) is 0.600. The van der Waals surface area contributed by atoms with Crippen molar-refractivity contribution in [3.05, 3.63) is 23.3 Å². The molecule has 0 unspecified atom stereocenters. The van der Waals surface area contributed by atoms with Gasteiger partial charge in [0, 0.05) is 13.6 Å². The number of rotatable bonds is 4. The van der Waals surface area contributed by atoms with E-state index in [-0.39, 0.29) is 0 Å². The van der Waals surface area contributed by atoms with Gasteiger partial charge in [0.15, 0.2) is 0 Å². The molecular weight excluding hydrogens is 208 g/mol. The molecule has 0 aliphatic heterocycles. The number of nitrogens with zero attached hydrogens (tertiary/aromatic N) is 1. The van der Waals surface area contributed by atoms with Crippen LogP contribution >= 0.6 is 0 Å². The van der Waals surface area contributed by atoms with Gasteiger partial charge in [-0.3, -0.25) is 0 Å². The minimum absolute atomic E-state index is 0.907. The zero-order chi connectivity index (χ0) is 12.4. The summed E-state index contributed by atoms with van der Waals surface area (Å²) in [5, 5.41) is 0. The van der Waals surface area contributed by atoms with Crippen LogP contribution in [0.2, 0.25) is 0 Å². The highest BCUT2D eigenvalue weighted by Crippen LogP contribution is 2.31. The quantitative estimate of drug-likeness (QED) is 0.805. The molecular formula is C15H24N2. The predicted molar refractivity (Wildman–Crippen MR) is 75.6 cm³/mol. The number of nitrogen functional groups attached to an aromatic ring is 1. The fourth-order valence-corrected chi connectivity index (χ4v) is 2.43. The fourth-order valence-electron chi connectivity index (χ4n) is 2.43. The van der Waals surface area contributed by atoms with Gasteiger partial charge in [-0.25, -0.2) is 0 Å². The molecule has 1 aromatic carbocycles. The highest BCUT2D eigenvalue weighted by molar-refractivity contribution is 5.69. The second-order valence-electron chi connectivity index (χ2n) is 5.50. The molecule has 2 nitrogen and oxygen atoms in total. The van der Waals surface area contributed by atoms with Crippen molar-refractivity contribution in [3.63, 3.8) is 0 Å². The minimum atomic E-state index is 0.907. The molecule has 1 aliphatic carbocycles. The minimum Gasteiger partial charge on any atom is -0.397 e. The Bertz CT molecular complexity index is 394. The molecule has 94 valence electrons. The molecule has 0 spiro atoms. The van der Waals surface area contributed by atoms with E-state index in [1.807, 2.05) is 0 Å². The number of hydrogen-bond acceptors (Lipinski definition) is 2. The topological polar surface area (TPSA) is 29.3 Å². The molecule has 2 rings (SSSR count). The van der Waals surface area contributed by atoms with E-state index in [1.165, 1.54) is 42.5 Å². The average Bonchev–Trinajstić information content (AvgIpc) is 2.21. The van der Waals surface area contributed by atoms with Crippen LogP contribution in [0.5, 0.6) is 0 Å². The summed E-state index contributed by atoms with van der Waals surface area (Å²) in [6.45, 7) is 5.39. The first-order chi connectivity index (χ1) is 8.08. The van der Waals surface area contributed by atoms with Crippen molar-refractivity contribution in [3.8, 4) is 0 Å². The Morgan fingerprint density at radius 2 is 1.88 bits per heavy atom. The van der Waals surface area contributed by atoms with Gasteiger partial charge < -0.3 is 10.6 Å². The molecule has 0 heterocycles. The van der Waals surface area contributed by atoms with Crippen molar-refractivity contribution >= 4 is 11.4 Å². The van der Waals surface area contributed by atoms with Gasteiger partial charge in [-0.1, -0.05) is 19.3 Å². The summed E-state index contributed by atoms with van der Waals surface area (Å²) in [7, 11) is 2.15. The highest BCUT2D eigenvalue weighted by Gasteiger charge is 2.18. The third-order valence-electron chi connectivity index (χ3n) is 4.15. The Labute approximate surface area is 105 Å². The third-order valence-corrected chi connectivity index (χ3v) is 4.15. The number of hydrogen-bond donors (Lipinski definition) is 1. The smallest absolute Gasteiger partial charge is 0.0600 e. The monoisotopic (exact) mass is 232 g/mol. The van der Waals surface area contributed by atoms with E-state index in [4.69, 9.17) is 5.73 Å². The first kappa shape index (κ1) is 12.3. The maximum atomic E-state index is 6.10. The van der Waals surface area contributed by atoms with Crippen LogP contribution in [0.1, 0.15) is 36.8 Å². The standard InChI is InChI=1S/C15H24N2/c1-11-9-14(16)15(10-12(11)2)17(3)8-7-13-5-4-6-13/h9-10,13H,4-8,16H2,1-3H3. The zero-order valence-electron chi connectivity index (χ0n) is 11.3. The lowest BCUT2D eigenvalue weighted by atomic mass is 9.83. The van der Waals surface area contributed by atoms with E-state index in [1.54, 1.807) is 0 Å². The molecule has 0 bridgehead atoms. The summed E-state index contributed by atoms with van der Waals surface area (Å²) in [5.74, 6) is 0.963. The Kier molecular flexibility index (Phi) is 3.60. The molecule has 0 radical (unpaired) electrons. The second kappa shape index (κ2) is 4.99. The highest BCUT2D eigenvalue weighted by atomic mass is 15.1. The van der Waals surface area contributed by atoms with E-state index in [9.17, 15) is 0 Å². The van der Waals surface area contributed by atoms with E-state index < -0.39 is 0 Å². The molecule has 0 atom stereocenters. The van der Waals surface area contributed by atoms with Gasteiger partial charge in [0.2, 0.25) is 0 Å². The van der Waals surface area contributed by atoms with Crippen molar-refractivity contribution in [2.24, 2.45) is 5.92 Å². The van der Waals surface area contributed by atoms with Crippen LogP contribution in [-0.4, -0.2) is 13.6 Å². The molecule has 1 aromatic rings. The van der Waals surface area contributed by atoms with Gasteiger partial charge in [0.05, 0.1) is 11.4 Å². The molecule has 1 fully saturated rings. The number of benzene rings is 1. The molecule has 1 saturated carbocycles. The number of nitrogens with two attached hydrogens (primary N) is 1. The van der Waals surface area contributed by atoms with Gasteiger partial charge in [0.1, 0.15) is 0 Å². The van der Waals surface area contributed by atoms with Crippen molar-refractivity contribution in [2.45, 2.75) is 39.5 Å². The Morgan fingerprint density at radius 3 is 2.47 bits per heavy atom. The van der Waals surface area contributed by atoms with Crippen molar-refractivity contribution < 1.29 is 0 Å². The van der Waals surface area contributed by atoms with Crippen LogP contribution in [0.15, 0.2) is 12.1 Å².